The molecule has 0 saturated carbocycles. The van der Waals surface area contributed by atoms with Crippen molar-refractivity contribution in [2.45, 2.75) is 181 Å². The standard InChI is InChI=1S/C59H88O6/c1-4-7-10-13-16-19-22-25-28-30-32-34-37-40-43-46-49-52-58(61)64-55-56(54-63-57(60)51-48-45-42-39-36-33-27-24-21-18-15-12-9-6-3)65-59(62)53-50-47-44-41-38-35-31-29-26-23-20-17-14-11-8-5-2/h7-13,16-22,25-30,32-35,37-38,56H,4-6,14-15,23-24,31,36,39-55H2,1-3H3/b10-7-,11-8-,12-9-,16-13-,20-17-,21-18-,22-19-,28-25-,29-26-,32-30+,33-27-,37-34-,38-35-. The van der Waals surface area contributed by atoms with Crippen LogP contribution in [0.4, 0.5) is 0 Å². The summed E-state index contributed by atoms with van der Waals surface area (Å²) >= 11 is 0. The van der Waals surface area contributed by atoms with Gasteiger partial charge in [0.15, 0.2) is 6.10 Å². The Labute approximate surface area is 397 Å². The summed E-state index contributed by atoms with van der Waals surface area (Å²) in [5.41, 5.74) is 0. The Morgan fingerprint density at radius 1 is 0.323 bits per heavy atom. The molecule has 6 heteroatoms. The number of ether oxygens (including phenoxy) is 3. The van der Waals surface area contributed by atoms with Gasteiger partial charge in [0.25, 0.3) is 0 Å². The maximum atomic E-state index is 12.8. The van der Waals surface area contributed by atoms with Crippen molar-refractivity contribution in [3.8, 4) is 0 Å². The third-order valence-corrected chi connectivity index (χ3v) is 9.67. The van der Waals surface area contributed by atoms with Gasteiger partial charge in [0.1, 0.15) is 13.2 Å². The fourth-order valence-electron chi connectivity index (χ4n) is 6.01. The molecule has 0 aromatic rings. The van der Waals surface area contributed by atoms with Gasteiger partial charge in [-0.05, 0) is 109 Å². The molecule has 0 aromatic carbocycles. The highest BCUT2D eigenvalue weighted by molar-refractivity contribution is 5.71. The predicted octanol–water partition coefficient (Wildman–Crippen LogP) is 16.6. The summed E-state index contributed by atoms with van der Waals surface area (Å²) in [6.07, 6.45) is 75.0. The lowest BCUT2D eigenvalue weighted by Gasteiger charge is -2.18. The van der Waals surface area contributed by atoms with E-state index in [9.17, 15) is 14.4 Å². The van der Waals surface area contributed by atoms with Crippen LogP contribution in [0.15, 0.2) is 158 Å². The summed E-state index contributed by atoms with van der Waals surface area (Å²) in [4.78, 5) is 38.0. The Balaban J connectivity index is 4.62. The van der Waals surface area contributed by atoms with E-state index in [1.54, 1.807) is 0 Å². The number of allylic oxidation sites excluding steroid dienone is 26. The predicted molar refractivity (Wildman–Crippen MR) is 278 cm³/mol. The zero-order valence-corrected chi connectivity index (χ0v) is 40.9. The average molecular weight is 893 g/mol. The molecule has 0 aliphatic carbocycles. The van der Waals surface area contributed by atoms with Gasteiger partial charge in [-0.2, -0.15) is 0 Å². The second kappa shape index (κ2) is 51.7. The average Bonchev–Trinajstić information content (AvgIpc) is 3.30. The molecule has 360 valence electrons. The molecule has 0 aliphatic heterocycles. The molecular weight excluding hydrogens is 805 g/mol. The molecule has 0 saturated heterocycles. The normalized spacial score (nSPS) is 13.5. The second-order valence-corrected chi connectivity index (χ2v) is 15.7. The minimum atomic E-state index is -0.830. The Hall–Kier alpha value is -4.97. The smallest absolute Gasteiger partial charge is 0.306 e. The lowest BCUT2D eigenvalue weighted by molar-refractivity contribution is -0.167. The number of rotatable bonds is 42. The van der Waals surface area contributed by atoms with Crippen LogP contribution in [-0.4, -0.2) is 37.2 Å². The largest absolute Gasteiger partial charge is 0.462 e. The summed E-state index contributed by atoms with van der Waals surface area (Å²) in [6, 6.07) is 0. The van der Waals surface area contributed by atoms with E-state index >= 15 is 0 Å². The first kappa shape index (κ1) is 60.0. The first-order chi connectivity index (χ1) is 32.0. The molecule has 0 bridgehead atoms. The highest BCUT2D eigenvalue weighted by atomic mass is 16.6. The maximum absolute atomic E-state index is 12.8. The number of hydrogen-bond donors (Lipinski definition) is 0. The van der Waals surface area contributed by atoms with Crippen molar-refractivity contribution in [3.05, 3.63) is 158 Å². The van der Waals surface area contributed by atoms with Crippen LogP contribution in [0.3, 0.4) is 0 Å². The van der Waals surface area contributed by atoms with Crippen LogP contribution < -0.4 is 0 Å². The van der Waals surface area contributed by atoms with Gasteiger partial charge in [-0.25, -0.2) is 0 Å². The van der Waals surface area contributed by atoms with Gasteiger partial charge in [-0.15, -0.1) is 0 Å². The van der Waals surface area contributed by atoms with Gasteiger partial charge in [-0.3, -0.25) is 14.4 Å². The van der Waals surface area contributed by atoms with Gasteiger partial charge < -0.3 is 14.2 Å². The van der Waals surface area contributed by atoms with E-state index in [0.29, 0.717) is 19.3 Å². The zero-order chi connectivity index (χ0) is 47.2. The number of carbonyl (C=O) groups excluding carboxylic acids is 3. The number of esters is 3. The molecule has 6 nitrogen and oxygen atoms in total. The third kappa shape index (κ3) is 49.9. The van der Waals surface area contributed by atoms with E-state index in [2.05, 4.69) is 118 Å². The highest BCUT2D eigenvalue weighted by Gasteiger charge is 2.19. The molecule has 0 rings (SSSR count). The fourth-order valence-corrected chi connectivity index (χ4v) is 6.01. The minimum Gasteiger partial charge on any atom is -0.462 e. The minimum absolute atomic E-state index is 0.126. The van der Waals surface area contributed by atoms with Crippen molar-refractivity contribution in [1.29, 1.82) is 0 Å². The molecule has 0 amide bonds. The monoisotopic (exact) mass is 893 g/mol. The van der Waals surface area contributed by atoms with Crippen molar-refractivity contribution in [2.75, 3.05) is 13.2 Å². The van der Waals surface area contributed by atoms with Gasteiger partial charge in [0, 0.05) is 19.3 Å². The van der Waals surface area contributed by atoms with Crippen LogP contribution in [0.25, 0.3) is 0 Å². The molecule has 1 unspecified atom stereocenters. The van der Waals surface area contributed by atoms with Crippen LogP contribution in [0.5, 0.6) is 0 Å². The van der Waals surface area contributed by atoms with E-state index in [0.717, 1.165) is 122 Å². The van der Waals surface area contributed by atoms with E-state index in [1.165, 1.54) is 0 Å². The van der Waals surface area contributed by atoms with Crippen LogP contribution >= 0.6 is 0 Å². The van der Waals surface area contributed by atoms with Crippen molar-refractivity contribution in [1.82, 2.24) is 0 Å². The quantitative estimate of drug-likeness (QED) is 0.0200. The van der Waals surface area contributed by atoms with Crippen LogP contribution in [0.2, 0.25) is 0 Å². The zero-order valence-electron chi connectivity index (χ0n) is 40.9. The molecule has 0 spiro atoms. The third-order valence-electron chi connectivity index (χ3n) is 9.67. The molecule has 0 aromatic heterocycles. The highest BCUT2D eigenvalue weighted by Crippen LogP contribution is 2.11. The van der Waals surface area contributed by atoms with Gasteiger partial charge in [0.2, 0.25) is 0 Å². The number of carbonyl (C=O) groups is 3. The first-order valence-electron chi connectivity index (χ1n) is 25.1. The summed E-state index contributed by atoms with van der Waals surface area (Å²) in [6.45, 7) is 6.14. The first-order valence-corrected chi connectivity index (χ1v) is 25.1. The summed E-state index contributed by atoms with van der Waals surface area (Å²) < 4.78 is 16.7. The Bertz CT molecular complexity index is 1540. The summed E-state index contributed by atoms with van der Waals surface area (Å²) in [5.74, 6) is -1.04. The summed E-state index contributed by atoms with van der Waals surface area (Å²) in [7, 11) is 0. The molecule has 0 fully saturated rings. The molecular formula is C59H88O6. The van der Waals surface area contributed by atoms with Crippen molar-refractivity contribution in [2.24, 2.45) is 0 Å². The Morgan fingerprint density at radius 3 is 1.05 bits per heavy atom. The lowest BCUT2D eigenvalue weighted by Crippen LogP contribution is -2.30. The topological polar surface area (TPSA) is 78.9 Å². The van der Waals surface area contributed by atoms with Gasteiger partial charge in [0.05, 0.1) is 0 Å². The second-order valence-electron chi connectivity index (χ2n) is 15.7. The molecule has 0 radical (unpaired) electrons. The Kier molecular flexibility index (Phi) is 47.7. The Morgan fingerprint density at radius 2 is 0.631 bits per heavy atom. The molecule has 1 atom stereocenters. The van der Waals surface area contributed by atoms with E-state index in [4.69, 9.17) is 14.2 Å². The van der Waals surface area contributed by atoms with E-state index < -0.39 is 6.10 Å². The van der Waals surface area contributed by atoms with E-state index in [-0.39, 0.29) is 44.0 Å². The SMILES string of the molecule is CC\C=C/C=C\C=C/C=C\C=C\C=C/CCCCCC(=O)OCC(COC(=O)CCCCCC/C=C\C/C=C\C/C=C\CC)OC(=O)CCCCC/C=C\C/C=C\C/C=C\C/C=C\CC. The summed E-state index contributed by atoms with van der Waals surface area (Å²) in [5, 5.41) is 0. The molecule has 0 heterocycles. The maximum Gasteiger partial charge on any atom is 0.306 e. The van der Waals surface area contributed by atoms with Crippen LogP contribution in [0.1, 0.15) is 175 Å². The number of unbranched alkanes of at least 4 members (excludes halogenated alkanes) is 10. The molecule has 0 aliphatic rings. The van der Waals surface area contributed by atoms with Crippen molar-refractivity contribution >= 4 is 17.9 Å². The number of hydrogen-bond acceptors (Lipinski definition) is 6. The van der Waals surface area contributed by atoms with Crippen molar-refractivity contribution < 1.29 is 28.6 Å². The molecule has 0 N–H and O–H groups in total. The van der Waals surface area contributed by atoms with Crippen LogP contribution in [0, 0.1) is 0 Å². The lowest BCUT2D eigenvalue weighted by atomic mass is 10.1. The fraction of sp³-hybridized carbons (Fsp3) is 0.508. The van der Waals surface area contributed by atoms with E-state index in [1.807, 2.05) is 60.8 Å². The molecule has 65 heavy (non-hydrogen) atoms. The van der Waals surface area contributed by atoms with Crippen molar-refractivity contribution in [3.63, 3.8) is 0 Å². The van der Waals surface area contributed by atoms with Crippen LogP contribution in [-0.2, 0) is 28.6 Å². The van der Waals surface area contributed by atoms with Gasteiger partial charge in [-0.1, -0.05) is 204 Å². The van der Waals surface area contributed by atoms with Gasteiger partial charge >= 0.3 is 17.9 Å².